The first kappa shape index (κ1) is 24.5. The Bertz CT molecular complexity index is 1380. The number of nitrogens with one attached hydrogen (secondary N) is 2. The van der Waals surface area contributed by atoms with Crippen LogP contribution in [0.4, 0.5) is 11.4 Å². The van der Waals surface area contributed by atoms with E-state index in [2.05, 4.69) is 10.0 Å². The van der Waals surface area contributed by atoms with Crippen molar-refractivity contribution in [2.75, 3.05) is 23.1 Å². The number of aryl methyl sites for hydroxylation is 3. The molecule has 3 aromatic rings. The molecule has 2 amide bonds. The van der Waals surface area contributed by atoms with Crippen molar-refractivity contribution >= 4 is 33.2 Å². The lowest BCUT2D eigenvalue weighted by Crippen LogP contribution is -2.29. The van der Waals surface area contributed by atoms with Crippen molar-refractivity contribution in [3.05, 3.63) is 88.5 Å². The molecule has 1 aliphatic rings. The Balaban J connectivity index is 1.51. The molecule has 1 fully saturated rings. The average Bonchev–Trinajstić information content (AvgIpc) is 3.36. The maximum absolute atomic E-state index is 13.1. The van der Waals surface area contributed by atoms with Crippen LogP contribution in [0.5, 0.6) is 0 Å². The molecule has 3 aromatic carbocycles. The van der Waals surface area contributed by atoms with E-state index in [0.29, 0.717) is 28.1 Å². The summed E-state index contributed by atoms with van der Waals surface area (Å²) in [7, 11) is -3.77. The smallest absolute Gasteiger partial charge is 0.262 e. The van der Waals surface area contributed by atoms with E-state index in [1.54, 1.807) is 55.5 Å². The molecule has 0 atom stereocenters. The third kappa shape index (κ3) is 5.38. The SMILES string of the molecule is Cc1ccc(C)c(S(=O)(=O)Nc2ccc(C(=O)Nc3cccc(C)c3C(=O)N3CCCC3)cc2)c1. The minimum absolute atomic E-state index is 0.0768. The summed E-state index contributed by atoms with van der Waals surface area (Å²) in [5.41, 5.74) is 3.96. The summed E-state index contributed by atoms with van der Waals surface area (Å²) in [5.74, 6) is -0.456. The predicted octanol–water partition coefficient (Wildman–Crippen LogP) is 4.90. The molecule has 8 heteroatoms. The molecule has 7 nitrogen and oxygen atoms in total. The van der Waals surface area contributed by atoms with E-state index < -0.39 is 10.0 Å². The highest BCUT2D eigenvalue weighted by Crippen LogP contribution is 2.25. The fraction of sp³-hybridized carbons (Fsp3) is 0.259. The first-order chi connectivity index (χ1) is 16.7. The third-order valence-corrected chi connectivity index (χ3v) is 7.68. The van der Waals surface area contributed by atoms with Gasteiger partial charge in [0.15, 0.2) is 0 Å². The number of anilines is 2. The minimum atomic E-state index is -3.77. The molecule has 1 saturated heterocycles. The largest absolute Gasteiger partial charge is 0.339 e. The highest BCUT2D eigenvalue weighted by atomic mass is 32.2. The lowest BCUT2D eigenvalue weighted by molar-refractivity contribution is 0.0793. The monoisotopic (exact) mass is 491 g/mol. The summed E-state index contributed by atoms with van der Waals surface area (Å²) in [6.45, 7) is 6.88. The number of carbonyl (C=O) groups excluding carboxylic acids is 2. The van der Waals surface area contributed by atoms with Crippen LogP contribution in [0.25, 0.3) is 0 Å². The van der Waals surface area contributed by atoms with Crippen molar-refractivity contribution < 1.29 is 18.0 Å². The van der Waals surface area contributed by atoms with Crippen molar-refractivity contribution in [2.24, 2.45) is 0 Å². The number of hydrogen-bond acceptors (Lipinski definition) is 4. The Morgan fingerprint density at radius 2 is 1.54 bits per heavy atom. The number of rotatable bonds is 6. The van der Waals surface area contributed by atoms with Crippen LogP contribution in [0, 0.1) is 20.8 Å². The Labute approximate surface area is 206 Å². The van der Waals surface area contributed by atoms with Gasteiger partial charge in [0, 0.05) is 24.3 Å². The number of carbonyl (C=O) groups is 2. The van der Waals surface area contributed by atoms with E-state index in [9.17, 15) is 18.0 Å². The van der Waals surface area contributed by atoms with E-state index in [0.717, 1.165) is 37.1 Å². The van der Waals surface area contributed by atoms with Gasteiger partial charge in [-0.2, -0.15) is 0 Å². The van der Waals surface area contributed by atoms with Gasteiger partial charge in [-0.25, -0.2) is 8.42 Å². The topological polar surface area (TPSA) is 95.6 Å². The van der Waals surface area contributed by atoms with Crippen molar-refractivity contribution in [3.63, 3.8) is 0 Å². The molecule has 0 saturated carbocycles. The van der Waals surface area contributed by atoms with Crippen molar-refractivity contribution in [1.29, 1.82) is 0 Å². The lowest BCUT2D eigenvalue weighted by atomic mass is 10.0. The quantitative estimate of drug-likeness (QED) is 0.513. The van der Waals surface area contributed by atoms with E-state index in [1.165, 1.54) is 0 Å². The molecule has 1 heterocycles. The van der Waals surface area contributed by atoms with Gasteiger partial charge >= 0.3 is 0 Å². The number of hydrogen-bond donors (Lipinski definition) is 2. The summed E-state index contributed by atoms with van der Waals surface area (Å²) >= 11 is 0. The number of nitrogens with zero attached hydrogens (tertiary/aromatic N) is 1. The molecule has 35 heavy (non-hydrogen) atoms. The van der Waals surface area contributed by atoms with Crippen LogP contribution in [-0.4, -0.2) is 38.2 Å². The number of benzene rings is 3. The zero-order valence-corrected chi connectivity index (χ0v) is 20.9. The third-order valence-electron chi connectivity index (χ3n) is 6.16. The molecule has 4 rings (SSSR count). The Morgan fingerprint density at radius 1 is 0.857 bits per heavy atom. The van der Waals surface area contributed by atoms with Gasteiger partial charge in [-0.1, -0.05) is 24.3 Å². The summed E-state index contributed by atoms with van der Waals surface area (Å²) in [6, 6.07) is 16.8. The molecule has 1 aliphatic heterocycles. The first-order valence-corrected chi connectivity index (χ1v) is 13.0. The van der Waals surface area contributed by atoms with Gasteiger partial charge in [-0.05, 0) is 86.7 Å². The van der Waals surface area contributed by atoms with Crippen LogP contribution in [0.1, 0.15) is 50.2 Å². The second-order valence-corrected chi connectivity index (χ2v) is 10.6. The first-order valence-electron chi connectivity index (χ1n) is 11.6. The highest BCUT2D eigenvalue weighted by molar-refractivity contribution is 7.92. The van der Waals surface area contributed by atoms with Crippen LogP contribution < -0.4 is 10.0 Å². The maximum atomic E-state index is 13.1. The normalized spacial score (nSPS) is 13.5. The van der Waals surface area contributed by atoms with Gasteiger partial charge in [0.1, 0.15) is 0 Å². The highest BCUT2D eigenvalue weighted by Gasteiger charge is 2.24. The van der Waals surface area contributed by atoms with Crippen molar-refractivity contribution in [1.82, 2.24) is 4.90 Å². The number of sulfonamides is 1. The Hall–Kier alpha value is -3.65. The van der Waals surface area contributed by atoms with Crippen molar-refractivity contribution in [2.45, 2.75) is 38.5 Å². The van der Waals surface area contributed by atoms with Crippen LogP contribution in [0.2, 0.25) is 0 Å². The Kier molecular flexibility index (Phi) is 6.93. The van der Waals surface area contributed by atoms with Gasteiger partial charge in [-0.3, -0.25) is 14.3 Å². The van der Waals surface area contributed by atoms with E-state index in [4.69, 9.17) is 0 Å². The van der Waals surface area contributed by atoms with Gasteiger partial charge in [0.25, 0.3) is 21.8 Å². The number of likely N-dealkylation sites (tertiary alicyclic amines) is 1. The standard InChI is InChI=1S/C27H29N3O4S/c1-18-9-10-19(2)24(17-18)35(33,34)29-22-13-11-21(12-14-22)26(31)28-23-8-6-7-20(3)25(23)27(32)30-15-4-5-16-30/h6-14,17,29H,4-5,15-16H2,1-3H3,(H,28,31). The minimum Gasteiger partial charge on any atom is -0.339 e. The summed E-state index contributed by atoms with van der Waals surface area (Å²) in [4.78, 5) is 28.0. The van der Waals surface area contributed by atoms with E-state index in [-0.39, 0.29) is 16.7 Å². The molecule has 0 aliphatic carbocycles. The van der Waals surface area contributed by atoms with Gasteiger partial charge in [-0.15, -0.1) is 0 Å². The number of amides is 2. The lowest BCUT2D eigenvalue weighted by Gasteiger charge is -2.19. The van der Waals surface area contributed by atoms with Gasteiger partial charge in [0.05, 0.1) is 16.1 Å². The molecule has 0 spiro atoms. The summed E-state index contributed by atoms with van der Waals surface area (Å²) < 4.78 is 28.3. The fourth-order valence-corrected chi connectivity index (χ4v) is 5.61. The second-order valence-electron chi connectivity index (χ2n) is 8.90. The molecular formula is C27H29N3O4S. The zero-order chi connectivity index (χ0) is 25.2. The summed E-state index contributed by atoms with van der Waals surface area (Å²) in [6.07, 6.45) is 1.97. The second kappa shape index (κ2) is 9.92. The predicted molar refractivity (Wildman–Crippen MR) is 137 cm³/mol. The van der Waals surface area contributed by atoms with Gasteiger partial charge < -0.3 is 10.2 Å². The molecule has 182 valence electrons. The molecule has 0 radical (unpaired) electrons. The van der Waals surface area contributed by atoms with Crippen molar-refractivity contribution in [3.8, 4) is 0 Å². The van der Waals surface area contributed by atoms with Crippen LogP contribution in [-0.2, 0) is 10.0 Å². The molecular weight excluding hydrogens is 462 g/mol. The fourth-order valence-electron chi connectivity index (χ4n) is 4.23. The van der Waals surface area contributed by atoms with Crippen LogP contribution in [0.15, 0.2) is 65.6 Å². The average molecular weight is 492 g/mol. The zero-order valence-electron chi connectivity index (χ0n) is 20.1. The van der Waals surface area contributed by atoms with E-state index in [1.807, 2.05) is 30.9 Å². The Morgan fingerprint density at radius 3 is 2.23 bits per heavy atom. The molecule has 0 bridgehead atoms. The maximum Gasteiger partial charge on any atom is 0.262 e. The molecule has 0 aromatic heterocycles. The van der Waals surface area contributed by atoms with Crippen LogP contribution >= 0.6 is 0 Å². The molecule has 2 N–H and O–H groups in total. The van der Waals surface area contributed by atoms with Crippen LogP contribution in [0.3, 0.4) is 0 Å². The van der Waals surface area contributed by atoms with E-state index >= 15 is 0 Å². The molecule has 0 unspecified atom stereocenters. The summed E-state index contributed by atoms with van der Waals surface area (Å²) in [5, 5.41) is 2.85. The van der Waals surface area contributed by atoms with Gasteiger partial charge in [0.2, 0.25) is 0 Å².